The van der Waals surface area contributed by atoms with Crippen molar-refractivity contribution in [1.82, 2.24) is 10.5 Å². The van der Waals surface area contributed by atoms with Crippen LogP contribution in [-0.2, 0) is 13.0 Å². The fraction of sp³-hybridized carbons (Fsp3) is 0.706. The number of nitrogens with one attached hydrogen (secondary N) is 1. The molecule has 0 amide bonds. The summed E-state index contributed by atoms with van der Waals surface area (Å²) in [6.07, 6.45) is 8.57. The molecule has 0 radical (unpaired) electrons. The molecule has 1 aromatic rings. The van der Waals surface area contributed by atoms with Crippen LogP contribution in [0.25, 0.3) is 0 Å². The lowest BCUT2D eigenvalue weighted by atomic mass is 9.99. The van der Waals surface area contributed by atoms with Crippen LogP contribution in [0.2, 0.25) is 0 Å². The van der Waals surface area contributed by atoms with Crippen LogP contribution in [0.1, 0.15) is 51.5 Å². The second-order valence-electron chi connectivity index (χ2n) is 6.19. The minimum atomic E-state index is 0.198. The Morgan fingerprint density at radius 1 is 1.52 bits per heavy atom. The van der Waals surface area contributed by atoms with Crippen LogP contribution < -0.4 is 5.32 Å². The molecule has 1 heterocycles. The lowest BCUT2D eigenvalue weighted by molar-refractivity contribution is 0.366. The molecule has 0 bridgehead atoms. The van der Waals surface area contributed by atoms with Gasteiger partial charge < -0.3 is 9.84 Å². The van der Waals surface area contributed by atoms with Crippen molar-refractivity contribution < 1.29 is 4.52 Å². The topological polar surface area (TPSA) is 38.1 Å². The number of thioether (sulfide) groups is 1. The highest BCUT2D eigenvalue weighted by Gasteiger charge is 2.19. The van der Waals surface area contributed by atoms with E-state index in [0.29, 0.717) is 0 Å². The summed E-state index contributed by atoms with van der Waals surface area (Å²) < 4.78 is 5.62. The number of nitrogens with zero attached hydrogens (tertiary/aromatic N) is 1. The highest BCUT2D eigenvalue weighted by molar-refractivity contribution is 7.99. The maximum absolute atomic E-state index is 5.42. The number of allylic oxidation sites excluding steroid dienone is 1. The third-order valence-corrected chi connectivity index (χ3v) is 5.12. The van der Waals surface area contributed by atoms with E-state index in [1.165, 1.54) is 12.8 Å². The van der Waals surface area contributed by atoms with E-state index >= 15 is 0 Å². The van der Waals surface area contributed by atoms with E-state index in [0.717, 1.165) is 43.3 Å². The Balaban J connectivity index is 2.30. The molecule has 0 aromatic carbocycles. The molecule has 0 aliphatic rings. The van der Waals surface area contributed by atoms with Crippen LogP contribution in [0.4, 0.5) is 0 Å². The first-order chi connectivity index (χ1) is 10.0. The Morgan fingerprint density at radius 2 is 2.29 bits per heavy atom. The minimum Gasteiger partial charge on any atom is -0.361 e. The second-order valence-corrected chi connectivity index (χ2v) is 7.70. The largest absolute Gasteiger partial charge is 0.361 e. The average molecular weight is 311 g/mol. The molecule has 1 unspecified atom stereocenters. The van der Waals surface area contributed by atoms with Gasteiger partial charge in [0.25, 0.3) is 0 Å². The lowest BCUT2D eigenvalue weighted by Gasteiger charge is -2.19. The van der Waals surface area contributed by atoms with Gasteiger partial charge in [0.2, 0.25) is 0 Å². The zero-order chi connectivity index (χ0) is 15.7. The second kappa shape index (κ2) is 9.31. The Morgan fingerprint density at radius 3 is 2.90 bits per heavy atom. The van der Waals surface area contributed by atoms with Crippen LogP contribution in [0.5, 0.6) is 0 Å². The zero-order valence-corrected chi connectivity index (χ0v) is 14.8. The first-order valence-electron chi connectivity index (χ1n) is 7.82. The Kier molecular flexibility index (Phi) is 8.12. The summed E-state index contributed by atoms with van der Waals surface area (Å²) in [6.45, 7) is 12.3. The Bertz CT molecular complexity index is 415. The maximum Gasteiger partial charge on any atom is 0.138 e. The molecule has 120 valence electrons. The summed E-state index contributed by atoms with van der Waals surface area (Å²) in [7, 11) is 0. The van der Waals surface area contributed by atoms with Gasteiger partial charge in [-0.1, -0.05) is 38.4 Å². The van der Waals surface area contributed by atoms with E-state index < -0.39 is 0 Å². The van der Waals surface area contributed by atoms with Crippen LogP contribution in [0.3, 0.4) is 0 Å². The van der Waals surface area contributed by atoms with E-state index in [-0.39, 0.29) is 4.75 Å². The third-order valence-electron chi connectivity index (χ3n) is 3.87. The smallest absolute Gasteiger partial charge is 0.138 e. The van der Waals surface area contributed by atoms with Gasteiger partial charge in [0.15, 0.2) is 0 Å². The van der Waals surface area contributed by atoms with E-state index in [4.69, 9.17) is 4.52 Å². The highest BCUT2D eigenvalue weighted by atomic mass is 32.2. The fourth-order valence-corrected chi connectivity index (χ4v) is 2.55. The maximum atomic E-state index is 5.42. The molecule has 1 atom stereocenters. The Labute approximate surface area is 133 Å². The molecule has 0 aliphatic carbocycles. The zero-order valence-electron chi connectivity index (χ0n) is 13.9. The molecular weight excluding hydrogens is 280 g/mol. The predicted molar refractivity (Wildman–Crippen MR) is 92.7 cm³/mol. The van der Waals surface area contributed by atoms with E-state index in [2.05, 4.69) is 50.1 Å². The summed E-state index contributed by atoms with van der Waals surface area (Å²) >= 11 is 1.85. The average Bonchev–Trinajstić information content (AvgIpc) is 2.89. The van der Waals surface area contributed by atoms with Gasteiger partial charge in [-0.25, -0.2) is 0 Å². The van der Waals surface area contributed by atoms with Gasteiger partial charge in [0, 0.05) is 23.8 Å². The molecule has 1 aromatic heterocycles. The summed E-state index contributed by atoms with van der Waals surface area (Å²) in [5, 5.41) is 7.60. The van der Waals surface area contributed by atoms with Crippen molar-refractivity contribution >= 4 is 11.8 Å². The first-order valence-corrected chi connectivity index (χ1v) is 9.04. The number of aromatic nitrogens is 1. The van der Waals surface area contributed by atoms with Crippen LogP contribution >= 0.6 is 11.8 Å². The fourth-order valence-electron chi connectivity index (χ4n) is 2.26. The minimum absolute atomic E-state index is 0.198. The Hall–Kier alpha value is -0.740. The van der Waals surface area contributed by atoms with Gasteiger partial charge in [-0.3, -0.25) is 0 Å². The van der Waals surface area contributed by atoms with Crippen molar-refractivity contribution in [2.45, 2.75) is 57.7 Å². The van der Waals surface area contributed by atoms with Crippen molar-refractivity contribution in [1.29, 1.82) is 0 Å². The van der Waals surface area contributed by atoms with E-state index in [1.807, 2.05) is 17.8 Å². The van der Waals surface area contributed by atoms with Crippen molar-refractivity contribution in [3.8, 4) is 0 Å². The SMILES string of the molecule is C=CCC(CC)CCNCc1cc(CC(C)(C)SC)on1. The van der Waals surface area contributed by atoms with Crippen molar-refractivity contribution in [2.75, 3.05) is 12.8 Å². The molecule has 21 heavy (non-hydrogen) atoms. The summed E-state index contributed by atoms with van der Waals surface area (Å²) in [5.74, 6) is 1.72. The summed E-state index contributed by atoms with van der Waals surface area (Å²) in [4.78, 5) is 0. The molecule has 0 saturated carbocycles. The molecule has 3 nitrogen and oxygen atoms in total. The van der Waals surface area contributed by atoms with Gasteiger partial charge >= 0.3 is 0 Å². The predicted octanol–water partition coefficient (Wildman–Crippen LogP) is 4.44. The van der Waals surface area contributed by atoms with Gasteiger partial charge in [-0.05, 0) is 31.6 Å². The van der Waals surface area contributed by atoms with Crippen LogP contribution in [-0.4, -0.2) is 22.7 Å². The van der Waals surface area contributed by atoms with Crippen molar-refractivity contribution in [2.24, 2.45) is 5.92 Å². The van der Waals surface area contributed by atoms with Gasteiger partial charge in [0.1, 0.15) is 5.76 Å². The number of rotatable bonds is 11. The van der Waals surface area contributed by atoms with E-state index in [1.54, 1.807) is 0 Å². The van der Waals surface area contributed by atoms with Crippen LogP contribution in [0.15, 0.2) is 23.2 Å². The first kappa shape index (κ1) is 18.3. The molecular formula is C17H30N2OS. The lowest BCUT2D eigenvalue weighted by Crippen LogP contribution is -2.18. The molecule has 0 saturated heterocycles. The van der Waals surface area contributed by atoms with E-state index in [9.17, 15) is 0 Å². The standard InChI is InChI=1S/C17H30N2OS/c1-6-8-14(7-2)9-10-18-13-15-11-16(20-19-15)12-17(3,4)21-5/h6,11,14,18H,1,7-10,12-13H2,2-5H3. The number of hydrogen-bond donors (Lipinski definition) is 1. The van der Waals surface area contributed by atoms with Crippen molar-refractivity contribution in [3.05, 3.63) is 30.2 Å². The molecule has 1 N–H and O–H groups in total. The van der Waals surface area contributed by atoms with Gasteiger partial charge in [-0.2, -0.15) is 11.8 Å². The summed E-state index contributed by atoms with van der Waals surface area (Å²) in [6, 6.07) is 2.08. The molecule has 0 spiro atoms. The normalized spacial score (nSPS) is 13.3. The highest BCUT2D eigenvalue weighted by Crippen LogP contribution is 2.26. The number of hydrogen-bond acceptors (Lipinski definition) is 4. The quantitative estimate of drug-likeness (QED) is 0.484. The third kappa shape index (κ3) is 7.18. The molecule has 0 fully saturated rings. The summed E-state index contributed by atoms with van der Waals surface area (Å²) in [5.41, 5.74) is 0.999. The van der Waals surface area contributed by atoms with Gasteiger partial charge in [-0.15, -0.1) is 6.58 Å². The monoisotopic (exact) mass is 310 g/mol. The van der Waals surface area contributed by atoms with Gasteiger partial charge in [0.05, 0.1) is 5.69 Å². The van der Waals surface area contributed by atoms with Crippen molar-refractivity contribution in [3.63, 3.8) is 0 Å². The van der Waals surface area contributed by atoms with Crippen LogP contribution in [0, 0.1) is 5.92 Å². The molecule has 1 rings (SSSR count). The molecule has 4 heteroatoms. The molecule has 0 aliphatic heterocycles.